The van der Waals surface area contributed by atoms with E-state index in [0.29, 0.717) is 5.56 Å². The van der Waals surface area contributed by atoms with Crippen LogP contribution in [0.1, 0.15) is 11.1 Å². The Morgan fingerprint density at radius 1 is 1.06 bits per heavy atom. The van der Waals surface area contributed by atoms with E-state index >= 15 is 0 Å². The molecule has 9 heteroatoms. The number of anilines is 2. The number of amides is 3. The molecule has 4 atom stereocenters. The molecule has 0 aromatic heterocycles. The van der Waals surface area contributed by atoms with Crippen molar-refractivity contribution in [1.29, 1.82) is 0 Å². The summed E-state index contributed by atoms with van der Waals surface area (Å²) in [5, 5.41) is 11.2. The van der Waals surface area contributed by atoms with Crippen molar-refractivity contribution in [2.45, 2.75) is 19.0 Å². The monoisotopic (exact) mass is 418 g/mol. The number of non-ortho nitro benzene ring substituents is 1. The molecule has 3 aliphatic rings. The van der Waals surface area contributed by atoms with Gasteiger partial charge in [0.2, 0.25) is 17.7 Å². The Morgan fingerprint density at radius 3 is 2.48 bits per heavy atom. The summed E-state index contributed by atoms with van der Waals surface area (Å²) in [6.45, 7) is 1.67. The summed E-state index contributed by atoms with van der Waals surface area (Å²) in [7, 11) is 0. The lowest BCUT2D eigenvalue weighted by atomic mass is 9.88. The maximum absolute atomic E-state index is 13.5. The fourth-order valence-electron chi connectivity index (χ4n) is 5.03. The van der Waals surface area contributed by atoms with E-state index in [9.17, 15) is 24.5 Å². The molecule has 156 valence electrons. The zero-order chi connectivity index (χ0) is 22.0. The van der Waals surface area contributed by atoms with Gasteiger partial charge in [-0.05, 0) is 24.1 Å². The van der Waals surface area contributed by atoms with E-state index in [1.807, 2.05) is 36.4 Å². The number of hydrogen-bond donors (Lipinski definition) is 1. The summed E-state index contributed by atoms with van der Waals surface area (Å²) in [6, 6.07) is 9.92. The topological polar surface area (TPSA) is 127 Å². The second-order valence-corrected chi connectivity index (χ2v) is 7.95. The van der Waals surface area contributed by atoms with Gasteiger partial charge < -0.3 is 10.6 Å². The first-order valence-electron chi connectivity index (χ1n) is 9.79. The Morgan fingerprint density at radius 2 is 1.77 bits per heavy atom. The van der Waals surface area contributed by atoms with E-state index in [-0.39, 0.29) is 11.4 Å². The molecule has 2 fully saturated rings. The highest BCUT2D eigenvalue weighted by Crippen LogP contribution is 2.49. The molecule has 0 aliphatic carbocycles. The van der Waals surface area contributed by atoms with Crippen LogP contribution in [0.4, 0.5) is 17.1 Å². The van der Waals surface area contributed by atoms with E-state index in [0.717, 1.165) is 16.2 Å². The molecule has 5 rings (SSSR count). The molecule has 2 saturated heterocycles. The van der Waals surface area contributed by atoms with Crippen LogP contribution >= 0.6 is 0 Å². The fraction of sp³-hybridized carbons (Fsp3) is 0.227. The highest BCUT2D eigenvalue weighted by atomic mass is 16.6. The number of nitro groups is 1. The van der Waals surface area contributed by atoms with Crippen LogP contribution in [-0.4, -0.2) is 34.7 Å². The number of benzene rings is 2. The normalized spacial score (nSPS) is 26.0. The third kappa shape index (κ3) is 2.52. The van der Waals surface area contributed by atoms with Gasteiger partial charge in [0.25, 0.3) is 5.69 Å². The van der Waals surface area contributed by atoms with Crippen molar-refractivity contribution in [1.82, 2.24) is 0 Å². The maximum atomic E-state index is 13.5. The molecule has 0 spiro atoms. The minimum atomic E-state index is -0.999. The van der Waals surface area contributed by atoms with Gasteiger partial charge in [-0.3, -0.25) is 24.5 Å². The second-order valence-electron chi connectivity index (χ2n) is 7.95. The van der Waals surface area contributed by atoms with Crippen molar-refractivity contribution in [3.63, 3.8) is 0 Å². The van der Waals surface area contributed by atoms with Gasteiger partial charge >= 0.3 is 0 Å². The molecule has 0 radical (unpaired) electrons. The van der Waals surface area contributed by atoms with Crippen molar-refractivity contribution in [2.75, 3.05) is 9.80 Å². The number of para-hydroxylation sites is 1. The minimum absolute atomic E-state index is 0.161. The molecule has 31 heavy (non-hydrogen) atoms. The summed E-state index contributed by atoms with van der Waals surface area (Å²) in [6.07, 6.45) is 3.69. The van der Waals surface area contributed by atoms with E-state index < -0.39 is 46.6 Å². The lowest BCUT2D eigenvalue weighted by Gasteiger charge is -2.36. The summed E-state index contributed by atoms with van der Waals surface area (Å²) >= 11 is 0. The number of primary amides is 1. The van der Waals surface area contributed by atoms with E-state index in [2.05, 4.69) is 0 Å². The summed E-state index contributed by atoms with van der Waals surface area (Å²) < 4.78 is 0. The summed E-state index contributed by atoms with van der Waals surface area (Å²) in [4.78, 5) is 52.9. The average molecular weight is 418 g/mol. The standard InChI is InChI=1S/C22H18N4O5/c1-11-6-8-13(26(30)31)10-16(11)25-21(28)17-15-9-7-12-4-2-3-5-14(12)24(15)19(20(23)27)18(17)22(25)29/h2-10,15,17-19H,1H3,(H2,23,27)/t15-,17+,18-,19+/m1/s1. The number of aryl methyl sites for hydroxylation is 1. The predicted octanol–water partition coefficient (Wildman–Crippen LogP) is 1.78. The first kappa shape index (κ1) is 19.0. The Hall–Kier alpha value is -4.01. The first-order chi connectivity index (χ1) is 14.8. The number of imide groups is 1. The summed E-state index contributed by atoms with van der Waals surface area (Å²) in [5.74, 6) is -3.52. The highest BCUT2D eigenvalue weighted by molar-refractivity contribution is 6.25. The van der Waals surface area contributed by atoms with Crippen molar-refractivity contribution >= 4 is 40.9 Å². The fourth-order valence-corrected chi connectivity index (χ4v) is 5.03. The molecule has 3 heterocycles. The Balaban J connectivity index is 1.63. The molecule has 3 aliphatic heterocycles. The average Bonchev–Trinajstić information content (AvgIpc) is 3.22. The number of nitrogens with two attached hydrogens (primary N) is 1. The van der Waals surface area contributed by atoms with Crippen LogP contribution in [0.25, 0.3) is 6.08 Å². The zero-order valence-corrected chi connectivity index (χ0v) is 16.5. The van der Waals surface area contributed by atoms with E-state index in [4.69, 9.17) is 5.73 Å². The van der Waals surface area contributed by atoms with Gasteiger partial charge in [0, 0.05) is 17.8 Å². The van der Waals surface area contributed by atoms with Gasteiger partial charge in [-0.1, -0.05) is 36.4 Å². The molecule has 9 nitrogen and oxygen atoms in total. The van der Waals surface area contributed by atoms with Gasteiger partial charge in [-0.25, -0.2) is 4.90 Å². The number of carbonyl (C=O) groups is 3. The minimum Gasteiger partial charge on any atom is -0.368 e. The molecule has 3 amide bonds. The van der Waals surface area contributed by atoms with Gasteiger partial charge in [-0.2, -0.15) is 0 Å². The Bertz CT molecular complexity index is 1210. The van der Waals surface area contributed by atoms with Crippen LogP contribution in [0.2, 0.25) is 0 Å². The van der Waals surface area contributed by atoms with Crippen LogP contribution in [0.5, 0.6) is 0 Å². The molecule has 2 aromatic carbocycles. The second kappa shape index (κ2) is 6.49. The zero-order valence-electron chi connectivity index (χ0n) is 16.5. The smallest absolute Gasteiger partial charge is 0.271 e. The lowest BCUT2D eigenvalue weighted by molar-refractivity contribution is -0.384. The highest BCUT2D eigenvalue weighted by Gasteiger charge is 2.64. The molecular weight excluding hydrogens is 400 g/mol. The third-order valence-corrected chi connectivity index (χ3v) is 6.35. The number of carbonyl (C=O) groups excluding carboxylic acids is 3. The number of nitrogens with zero attached hydrogens (tertiary/aromatic N) is 3. The number of rotatable bonds is 3. The largest absolute Gasteiger partial charge is 0.368 e. The number of nitro benzene ring substituents is 1. The van der Waals surface area contributed by atoms with Crippen molar-refractivity contribution in [2.24, 2.45) is 17.6 Å². The molecule has 2 aromatic rings. The van der Waals surface area contributed by atoms with E-state index in [1.165, 1.54) is 18.2 Å². The third-order valence-electron chi connectivity index (χ3n) is 6.35. The van der Waals surface area contributed by atoms with Gasteiger partial charge in [0.05, 0.1) is 28.5 Å². The first-order valence-corrected chi connectivity index (χ1v) is 9.79. The number of fused-ring (bicyclic) bond motifs is 5. The molecule has 0 unspecified atom stereocenters. The predicted molar refractivity (Wildman–Crippen MR) is 112 cm³/mol. The van der Waals surface area contributed by atoms with Crippen LogP contribution in [0, 0.1) is 28.9 Å². The van der Waals surface area contributed by atoms with Crippen LogP contribution in [-0.2, 0) is 14.4 Å². The van der Waals surface area contributed by atoms with Crippen molar-refractivity contribution in [3.8, 4) is 0 Å². The Labute approximate surface area is 176 Å². The lowest BCUT2D eigenvalue weighted by Crippen LogP contribution is -2.51. The van der Waals surface area contributed by atoms with Gasteiger partial charge in [-0.15, -0.1) is 0 Å². The quantitative estimate of drug-likeness (QED) is 0.460. The van der Waals surface area contributed by atoms with Gasteiger partial charge in [0.15, 0.2) is 0 Å². The number of hydrogen-bond acceptors (Lipinski definition) is 6. The van der Waals surface area contributed by atoms with Crippen LogP contribution in [0.15, 0.2) is 48.5 Å². The maximum Gasteiger partial charge on any atom is 0.271 e. The van der Waals surface area contributed by atoms with Crippen molar-refractivity contribution in [3.05, 3.63) is 69.8 Å². The SMILES string of the molecule is Cc1ccc([N+](=O)[O-])cc1N1C(=O)[C@@H]2[C@@H](C1=O)[C@@H](C(N)=O)N1c3ccccc3C=C[C@H]21. The van der Waals surface area contributed by atoms with E-state index in [1.54, 1.807) is 11.8 Å². The van der Waals surface area contributed by atoms with Gasteiger partial charge in [0.1, 0.15) is 6.04 Å². The molecular formula is C22H18N4O5. The van der Waals surface area contributed by atoms with Crippen molar-refractivity contribution < 1.29 is 19.3 Å². The molecule has 0 bridgehead atoms. The summed E-state index contributed by atoms with van der Waals surface area (Å²) in [5.41, 5.74) is 7.82. The molecule has 0 saturated carbocycles. The molecule has 2 N–H and O–H groups in total. The van der Waals surface area contributed by atoms with Crippen LogP contribution in [0.3, 0.4) is 0 Å². The Kier molecular flexibility index (Phi) is 3.98. The van der Waals surface area contributed by atoms with Crippen LogP contribution < -0.4 is 15.5 Å².